The zero-order valence-electron chi connectivity index (χ0n) is 17.8. The number of methoxy groups -OCH3 is 1. The van der Waals surface area contributed by atoms with Crippen LogP contribution in [0.15, 0.2) is 61.1 Å². The van der Waals surface area contributed by atoms with Gasteiger partial charge < -0.3 is 20.1 Å². The first-order valence-corrected chi connectivity index (χ1v) is 10.6. The molecular formula is C24H24N6O2. The van der Waals surface area contributed by atoms with E-state index in [4.69, 9.17) is 14.7 Å². The van der Waals surface area contributed by atoms with E-state index >= 15 is 0 Å². The Labute approximate surface area is 186 Å². The van der Waals surface area contributed by atoms with Gasteiger partial charge in [0, 0.05) is 43.1 Å². The Kier molecular flexibility index (Phi) is 5.51. The van der Waals surface area contributed by atoms with Crippen LogP contribution >= 0.6 is 0 Å². The zero-order chi connectivity index (χ0) is 21.9. The number of hydrogen-bond donors (Lipinski definition) is 2. The molecule has 2 N–H and O–H groups in total. The summed E-state index contributed by atoms with van der Waals surface area (Å²) in [6, 6.07) is 13.7. The number of nitrogens with one attached hydrogen (secondary N) is 1. The van der Waals surface area contributed by atoms with E-state index in [1.807, 2.05) is 42.5 Å². The highest BCUT2D eigenvalue weighted by Crippen LogP contribution is 2.36. The van der Waals surface area contributed by atoms with Crippen molar-refractivity contribution in [3.05, 3.63) is 61.1 Å². The second kappa shape index (κ2) is 8.76. The third-order valence-corrected chi connectivity index (χ3v) is 5.68. The number of hydrogen-bond acceptors (Lipinski definition) is 8. The maximum absolute atomic E-state index is 9.62. The molecule has 0 spiro atoms. The average molecular weight is 428 g/mol. The van der Waals surface area contributed by atoms with Crippen LogP contribution in [-0.4, -0.2) is 51.8 Å². The van der Waals surface area contributed by atoms with Crippen LogP contribution in [0.25, 0.3) is 22.3 Å². The quantitative estimate of drug-likeness (QED) is 0.480. The van der Waals surface area contributed by atoms with E-state index in [2.05, 4.69) is 20.2 Å². The second-order valence-corrected chi connectivity index (χ2v) is 7.81. The average Bonchev–Trinajstić information content (AvgIpc) is 3.33. The standard InChI is InChI=1S/C24H24N6O2/c1-32-20-13-25-12-19-22(20)24(30-10-8-16(14-30)15-31)29-23(28-19)17-7-9-26-21(11-17)27-18-5-3-2-4-6-18/h2-7,9,11-13,16,31H,8,10,14-15H2,1H3,(H,26,27)/t16-/m0/s1. The molecule has 0 amide bonds. The zero-order valence-corrected chi connectivity index (χ0v) is 17.8. The fourth-order valence-corrected chi connectivity index (χ4v) is 4.03. The van der Waals surface area contributed by atoms with Gasteiger partial charge in [0.2, 0.25) is 0 Å². The number of anilines is 3. The third kappa shape index (κ3) is 3.92. The van der Waals surface area contributed by atoms with E-state index in [1.54, 1.807) is 25.7 Å². The lowest BCUT2D eigenvalue weighted by atomic mass is 10.1. The van der Waals surface area contributed by atoms with E-state index in [1.165, 1.54) is 0 Å². The van der Waals surface area contributed by atoms with E-state index in [9.17, 15) is 5.11 Å². The summed E-state index contributed by atoms with van der Waals surface area (Å²) in [5.74, 6) is 2.98. The van der Waals surface area contributed by atoms with Crippen LogP contribution in [0.2, 0.25) is 0 Å². The molecule has 1 aromatic carbocycles. The molecule has 162 valence electrons. The van der Waals surface area contributed by atoms with Gasteiger partial charge >= 0.3 is 0 Å². The number of ether oxygens (including phenoxy) is 1. The maximum atomic E-state index is 9.62. The minimum Gasteiger partial charge on any atom is -0.494 e. The van der Waals surface area contributed by atoms with Gasteiger partial charge in [0.25, 0.3) is 0 Å². The van der Waals surface area contributed by atoms with E-state index in [0.29, 0.717) is 22.9 Å². The van der Waals surface area contributed by atoms with E-state index in [-0.39, 0.29) is 12.5 Å². The summed E-state index contributed by atoms with van der Waals surface area (Å²) < 4.78 is 5.57. The predicted molar refractivity (Wildman–Crippen MR) is 124 cm³/mol. The third-order valence-electron chi connectivity index (χ3n) is 5.68. The van der Waals surface area contributed by atoms with Gasteiger partial charge in [0.05, 0.1) is 30.4 Å². The summed E-state index contributed by atoms with van der Waals surface area (Å²) in [7, 11) is 1.62. The number of para-hydroxylation sites is 1. The Balaban J connectivity index is 1.58. The van der Waals surface area contributed by atoms with Crippen LogP contribution in [0, 0.1) is 5.92 Å². The number of nitrogens with zero attached hydrogens (tertiary/aromatic N) is 5. The van der Waals surface area contributed by atoms with Gasteiger partial charge in [-0.2, -0.15) is 0 Å². The monoisotopic (exact) mass is 428 g/mol. The second-order valence-electron chi connectivity index (χ2n) is 7.81. The van der Waals surface area contributed by atoms with Crippen molar-refractivity contribution in [2.45, 2.75) is 6.42 Å². The lowest BCUT2D eigenvalue weighted by Gasteiger charge is -2.21. The van der Waals surface area contributed by atoms with Crippen molar-refractivity contribution in [1.82, 2.24) is 19.9 Å². The van der Waals surface area contributed by atoms with Crippen LogP contribution in [0.5, 0.6) is 5.75 Å². The van der Waals surface area contributed by atoms with Crippen LogP contribution in [0.3, 0.4) is 0 Å². The van der Waals surface area contributed by atoms with Gasteiger partial charge in [-0.05, 0) is 30.7 Å². The molecule has 1 aliphatic rings. The maximum Gasteiger partial charge on any atom is 0.162 e. The minimum atomic E-state index is 0.171. The number of rotatable bonds is 6. The number of aliphatic hydroxyl groups excluding tert-OH is 1. The normalized spacial score (nSPS) is 15.8. The summed E-state index contributed by atoms with van der Waals surface area (Å²) >= 11 is 0. The Bertz CT molecular complexity index is 1230. The highest BCUT2D eigenvalue weighted by atomic mass is 16.5. The van der Waals surface area contributed by atoms with Crippen molar-refractivity contribution >= 4 is 28.2 Å². The fraction of sp³-hybridized carbons (Fsp3) is 0.250. The highest BCUT2D eigenvalue weighted by molar-refractivity contribution is 5.95. The van der Waals surface area contributed by atoms with Crippen LogP contribution in [0.1, 0.15) is 6.42 Å². The summed E-state index contributed by atoms with van der Waals surface area (Å²) in [6.45, 7) is 1.73. The molecule has 8 nitrogen and oxygen atoms in total. The molecule has 4 heterocycles. The van der Waals surface area contributed by atoms with Crippen molar-refractivity contribution in [2.24, 2.45) is 5.92 Å². The SMILES string of the molecule is COc1cncc2nc(-c3ccnc(Nc4ccccc4)c3)nc(N3CC[C@H](CO)C3)c12. The molecule has 1 fully saturated rings. The first-order valence-electron chi connectivity index (χ1n) is 10.6. The van der Waals surface area contributed by atoms with Crippen molar-refractivity contribution in [3.8, 4) is 17.1 Å². The van der Waals surface area contributed by atoms with Crippen molar-refractivity contribution in [2.75, 3.05) is 37.0 Å². The number of fused-ring (bicyclic) bond motifs is 1. The van der Waals surface area contributed by atoms with Gasteiger partial charge in [-0.3, -0.25) is 4.98 Å². The number of pyridine rings is 2. The van der Waals surface area contributed by atoms with E-state index < -0.39 is 0 Å². The Morgan fingerprint density at radius 1 is 1.16 bits per heavy atom. The van der Waals surface area contributed by atoms with Gasteiger partial charge in [-0.25, -0.2) is 15.0 Å². The molecule has 0 saturated carbocycles. The summed E-state index contributed by atoms with van der Waals surface area (Å²) in [4.78, 5) is 20.7. The molecule has 5 rings (SSSR count). The van der Waals surface area contributed by atoms with Gasteiger partial charge in [-0.1, -0.05) is 18.2 Å². The minimum absolute atomic E-state index is 0.171. The van der Waals surface area contributed by atoms with Gasteiger partial charge in [-0.15, -0.1) is 0 Å². The van der Waals surface area contributed by atoms with E-state index in [0.717, 1.165) is 42.0 Å². The number of aromatic nitrogens is 4. The Hall–Kier alpha value is -3.78. The Morgan fingerprint density at radius 3 is 2.81 bits per heavy atom. The number of aliphatic hydroxyl groups is 1. The molecule has 1 saturated heterocycles. The molecule has 32 heavy (non-hydrogen) atoms. The lowest BCUT2D eigenvalue weighted by molar-refractivity contribution is 0.238. The fourth-order valence-electron chi connectivity index (χ4n) is 4.03. The van der Waals surface area contributed by atoms with Gasteiger partial charge in [0.15, 0.2) is 5.82 Å². The summed E-state index contributed by atoms with van der Waals surface area (Å²) in [6.07, 6.45) is 6.08. The molecule has 3 aromatic heterocycles. The highest BCUT2D eigenvalue weighted by Gasteiger charge is 2.26. The van der Waals surface area contributed by atoms with Crippen LogP contribution in [-0.2, 0) is 0 Å². The molecule has 0 radical (unpaired) electrons. The molecular weight excluding hydrogens is 404 g/mol. The molecule has 1 aliphatic heterocycles. The summed E-state index contributed by atoms with van der Waals surface area (Å²) in [5, 5.41) is 13.8. The summed E-state index contributed by atoms with van der Waals surface area (Å²) in [5.41, 5.74) is 2.52. The van der Waals surface area contributed by atoms with Crippen molar-refractivity contribution in [3.63, 3.8) is 0 Å². The first kappa shape index (κ1) is 20.1. The molecule has 0 bridgehead atoms. The first-order chi connectivity index (χ1) is 15.7. The van der Waals surface area contributed by atoms with Crippen molar-refractivity contribution < 1.29 is 9.84 Å². The largest absolute Gasteiger partial charge is 0.494 e. The molecule has 8 heteroatoms. The molecule has 0 unspecified atom stereocenters. The molecule has 0 aliphatic carbocycles. The Morgan fingerprint density at radius 2 is 2.03 bits per heavy atom. The van der Waals surface area contributed by atoms with Crippen LogP contribution in [0.4, 0.5) is 17.3 Å². The smallest absolute Gasteiger partial charge is 0.162 e. The molecule has 4 aromatic rings. The topological polar surface area (TPSA) is 96.3 Å². The predicted octanol–water partition coefficient (Wildman–Crippen LogP) is 3.66. The number of benzene rings is 1. The lowest BCUT2D eigenvalue weighted by Crippen LogP contribution is -2.22. The molecule has 1 atom stereocenters. The van der Waals surface area contributed by atoms with Gasteiger partial charge in [0.1, 0.15) is 17.4 Å². The van der Waals surface area contributed by atoms with Crippen molar-refractivity contribution in [1.29, 1.82) is 0 Å². The van der Waals surface area contributed by atoms with Crippen LogP contribution < -0.4 is 15.0 Å².